The first-order chi connectivity index (χ1) is 6.57. The van der Waals surface area contributed by atoms with Crippen molar-refractivity contribution in [3.8, 4) is 0 Å². The van der Waals surface area contributed by atoms with Crippen LogP contribution in [0.25, 0.3) is 6.08 Å². The summed E-state index contributed by atoms with van der Waals surface area (Å²) in [7, 11) is 0. The first kappa shape index (κ1) is 17.2. The molecule has 0 amide bonds. The Kier molecular flexibility index (Phi) is 11.8. The molecule has 0 radical (unpaired) electrons. The van der Waals surface area contributed by atoms with Crippen LogP contribution in [0.2, 0.25) is 0 Å². The van der Waals surface area contributed by atoms with Crippen LogP contribution in [0.15, 0.2) is 49.1 Å². The van der Waals surface area contributed by atoms with Crippen LogP contribution >= 0.6 is 0 Å². The Morgan fingerprint density at radius 3 is 1.93 bits per heavy atom. The molecule has 0 fully saturated rings. The molecular weight excluding hydrogens is 215 g/mol. The van der Waals surface area contributed by atoms with Crippen LogP contribution in [0, 0.1) is 0 Å². The summed E-state index contributed by atoms with van der Waals surface area (Å²) >= 11 is 0. The van der Waals surface area contributed by atoms with Crippen molar-refractivity contribution >= 4 is 12.0 Å². The van der Waals surface area contributed by atoms with Gasteiger partial charge in [-0.05, 0) is 18.1 Å². The Morgan fingerprint density at radius 2 is 1.73 bits per heavy atom. The summed E-state index contributed by atoms with van der Waals surface area (Å²) in [5, 5.41) is 9.49. The third kappa shape index (κ3) is 10.1. The van der Waals surface area contributed by atoms with Crippen LogP contribution in [0.1, 0.15) is 12.5 Å². The van der Waals surface area contributed by atoms with Gasteiger partial charge < -0.3 is 9.90 Å². The molecule has 1 aromatic rings. The quantitative estimate of drug-likeness (QED) is 0.464. The molecule has 0 N–H and O–H groups in total. The summed E-state index contributed by atoms with van der Waals surface area (Å²) < 4.78 is 0. The largest absolute Gasteiger partial charge is 1.00 e. The average Bonchev–Trinajstić information content (AvgIpc) is 2.20. The van der Waals surface area contributed by atoms with Gasteiger partial charge in [-0.2, -0.15) is 0 Å². The van der Waals surface area contributed by atoms with Crippen molar-refractivity contribution in [3.05, 3.63) is 54.6 Å². The van der Waals surface area contributed by atoms with E-state index in [1.165, 1.54) is 12.5 Å². The van der Waals surface area contributed by atoms with Gasteiger partial charge in [-0.3, -0.25) is 0 Å². The smallest absolute Gasteiger partial charge is 0.545 e. The summed E-state index contributed by atoms with van der Waals surface area (Å²) in [6.45, 7) is 8.11. The molecule has 0 aliphatic heterocycles. The molecule has 0 heterocycles. The Morgan fingerprint density at radius 1 is 1.33 bits per heavy atom. The second-order valence-electron chi connectivity index (χ2n) is 2.68. The molecule has 0 aliphatic carbocycles. The van der Waals surface area contributed by atoms with Crippen LogP contribution in [-0.4, -0.2) is 5.97 Å². The van der Waals surface area contributed by atoms with Gasteiger partial charge in [0.15, 0.2) is 0 Å². The van der Waals surface area contributed by atoms with Crippen LogP contribution in [0.3, 0.4) is 0 Å². The summed E-state index contributed by atoms with van der Waals surface area (Å²) in [6, 6.07) is 10.0. The fourth-order valence-corrected chi connectivity index (χ4v) is 0.589. The van der Waals surface area contributed by atoms with Crippen molar-refractivity contribution in [2.75, 3.05) is 0 Å². The normalized spacial score (nSPS) is 7.53. The Bertz CT molecular complexity index is 306. The number of hydrogen-bond acceptors (Lipinski definition) is 2. The van der Waals surface area contributed by atoms with Crippen molar-refractivity contribution in [2.45, 2.75) is 6.92 Å². The molecule has 0 aliphatic rings. The molecule has 3 heteroatoms. The third-order valence-electron chi connectivity index (χ3n) is 1.38. The first-order valence-corrected chi connectivity index (χ1v) is 4.12. The fourth-order valence-electron chi connectivity index (χ4n) is 0.589. The zero-order valence-corrected chi connectivity index (χ0v) is 12.3. The maximum atomic E-state index is 9.49. The Balaban J connectivity index is 0. The fraction of sp³-hybridized carbons (Fsp3) is 0.0833. The molecule has 1 aromatic carbocycles. The molecule has 0 unspecified atom stereocenters. The van der Waals surface area contributed by atoms with Gasteiger partial charge in [0.2, 0.25) is 0 Å². The van der Waals surface area contributed by atoms with Gasteiger partial charge in [-0.15, -0.1) is 0 Å². The SMILES string of the molecule is C=C(C)C(=O)[O-].C=Cc1ccccc1.[K+]. The number of carbonyl (C=O) groups is 1. The van der Waals surface area contributed by atoms with E-state index in [4.69, 9.17) is 0 Å². The van der Waals surface area contributed by atoms with E-state index in [-0.39, 0.29) is 57.0 Å². The van der Waals surface area contributed by atoms with Gasteiger partial charge in [-0.25, -0.2) is 0 Å². The van der Waals surface area contributed by atoms with E-state index in [0.717, 1.165) is 0 Å². The maximum absolute atomic E-state index is 9.49. The molecule has 0 atom stereocenters. The van der Waals surface area contributed by atoms with E-state index >= 15 is 0 Å². The summed E-state index contributed by atoms with van der Waals surface area (Å²) in [4.78, 5) is 9.49. The molecule has 0 saturated heterocycles. The van der Waals surface area contributed by atoms with Crippen molar-refractivity contribution in [1.29, 1.82) is 0 Å². The molecule has 0 bridgehead atoms. The number of rotatable bonds is 2. The van der Waals surface area contributed by atoms with Gasteiger partial charge in [0.05, 0.1) is 5.97 Å². The number of carboxylic acid groups (broad SMARTS) is 1. The van der Waals surface area contributed by atoms with E-state index in [2.05, 4.69) is 13.2 Å². The Labute approximate surface area is 133 Å². The molecule has 0 aromatic heterocycles. The summed E-state index contributed by atoms with van der Waals surface area (Å²) in [5.41, 5.74) is 1.24. The molecular formula is C12H13KO2. The minimum absolute atomic E-state index is 0. The first-order valence-electron chi connectivity index (χ1n) is 4.12. The van der Waals surface area contributed by atoms with Gasteiger partial charge in [0, 0.05) is 0 Å². The van der Waals surface area contributed by atoms with E-state index in [1.54, 1.807) is 0 Å². The second kappa shape index (κ2) is 10.3. The topological polar surface area (TPSA) is 40.1 Å². The number of hydrogen-bond donors (Lipinski definition) is 0. The van der Waals surface area contributed by atoms with Gasteiger partial charge in [0.1, 0.15) is 0 Å². The zero-order chi connectivity index (χ0) is 11.0. The summed E-state index contributed by atoms with van der Waals surface area (Å²) in [6.07, 6.45) is 1.83. The van der Waals surface area contributed by atoms with Crippen molar-refractivity contribution in [3.63, 3.8) is 0 Å². The van der Waals surface area contributed by atoms with E-state index < -0.39 is 5.97 Å². The van der Waals surface area contributed by atoms with Crippen LogP contribution in [0.5, 0.6) is 0 Å². The Hall–Kier alpha value is -0.194. The van der Waals surface area contributed by atoms with E-state index in [9.17, 15) is 9.90 Å². The minimum atomic E-state index is -1.19. The van der Waals surface area contributed by atoms with Crippen molar-refractivity contribution in [1.82, 2.24) is 0 Å². The molecule has 74 valence electrons. The number of aliphatic carboxylic acids is 1. The predicted octanol–water partition coefficient (Wildman–Crippen LogP) is -1.35. The van der Waals surface area contributed by atoms with Crippen LogP contribution in [-0.2, 0) is 4.79 Å². The van der Waals surface area contributed by atoms with Crippen LogP contribution in [0.4, 0.5) is 0 Å². The van der Waals surface area contributed by atoms with Gasteiger partial charge in [0.25, 0.3) is 0 Å². The van der Waals surface area contributed by atoms with Crippen molar-refractivity contribution < 1.29 is 61.3 Å². The molecule has 15 heavy (non-hydrogen) atoms. The minimum Gasteiger partial charge on any atom is -0.545 e. The second-order valence-corrected chi connectivity index (χ2v) is 2.68. The average molecular weight is 228 g/mol. The van der Waals surface area contributed by atoms with Gasteiger partial charge >= 0.3 is 51.4 Å². The predicted molar refractivity (Wildman–Crippen MR) is 56.4 cm³/mol. The molecule has 1 rings (SSSR count). The standard InChI is InChI=1S/C8H8.C4H6O2.K/c1-2-8-6-4-3-5-7-8;1-3(2)4(5)6;/h2-7H,1H2;1H2,2H3,(H,5,6);/q;;+1/p-1. The number of carbonyl (C=O) groups excluding carboxylic acids is 1. The number of benzene rings is 1. The molecule has 2 nitrogen and oxygen atoms in total. The van der Waals surface area contributed by atoms with Crippen molar-refractivity contribution in [2.24, 2.45) is 0 Å². The summed E-state index contributed by atoms with van der Waals surface area (Å²) in [5.74, 6) is -1.19. The molecule has 0 spiro atoms. The monoisotopic (exact) mass is 228 g/mol. The van der Waals surface area contributed by atoms with E-state index in [0.29, 0.717) is 0 Å². The van der Waals surface area contributed by atoms with Crippen LogP contribution < -0.4 is 56.5 Å². The molecule has 0 saturated carbocycles. The van der Waals surface area contributed by atoms with Gasteiger partial charge in [-0.1, -0.05) is 49.6 Å². The number of carboxylic acids is 1. The third-order valence-corrected chi connectivity index (χ3v) is 1.38. The zero-order valence-electron chi connectivity index (χ0n) is 9.19. The van der Waals surface area contributed by atoms with E-state index in [1.807, 2.05) is 36.4 Å². The maximum Gasteiger partial charge on any atom is 1.00 e.